The van der Waals surface area contributed by atoms with E-state index in [9.17, 15) is 9.59 Å². The Morgan fingerprint density at radius 2 is 1.96 bits per heavy atom. The Labute approximate surface area is 158 Å². The lowest BCUT2D eigenvalue weighted by atomic mass is 9.94. The lowest BCUT2D eigenvalue weighted by Crippen LogP contribution is -2.47. The van der Waals surface area contributed by atoms with Crippen LogP contribution in [0.5, 0.6) is 0 Å². The number of piperidine rings is 1. The predicted molar refractivity (Wildman–Crippen MR) is 103 cm³/mol. The van der Waals surface area contributed by atoms with Crippen LogP contribution in [0.15, 0.2) is 0 Å². The Morgan fingerprint density at radius 1 is 1.20 bits per heavy atom. The normalized spacial score (nSPS) is 26.2. The van der Waals surface area contributed by atoms with Crippen LogP contribution in [0.4, 0.5) is 4.79 Å². The number of carbonyl (C=O) groups is 2. The molecule has 0 aromatic carbocycles. The summed E-state index contributed by atoms with van der Waals surface area (Å²) in [6.07, 6.45) is 5.83. The van der Waals surface area contributed by atoms with E-state index in [0.29, 0.717) is 37.9 Å². The van der Waals surface area contributed by atoms with Crippen molar-refractivity contribution in [1.82, 2.24) is 15.5 Å². The summed E-state index contributed by atoms with van der Waals surface area (Å²) in [5, 5.41) is 6.14. The van der Waals surface area contributed by atoms with Gasteiger partial charge in [-0.05, 0) is 50.0 Å². The van der Waals surface area contributed by atoms with Crippen LogP contribution in [0, 0.1) is 17.8 Å². The van der Waals surface area contributed by atoms with Gasteiger partial charge < -0.3 is 21.3 Å². The number of urea groups is 1. The van der Waals surface area contributed by atoms with Crippen LogP contribution in [-0.2, 0) is 4.79 Å². The van der Waals surface area contributed by atoms with Gasteiger partial charge in [0.25, 0.3) is 0 Å². The van der Waals surface area contributed by atoms with Gasteiger partial charge in [0.15, 0.2) is 0 Å². The first-order valence-electron chi connectivity index (χ1n) is 9.51. The first-order valence-corrected chi connectivity index (χ1v) is 9.51. The van der Waals surface area contributed by atoms with Crippen LogP contribution in [0.2, 0.25) is 0 Å². The van der Waals surface area contributed by atoms with Crippen molar-refractivity contribution in [3.63, 3.8) is 0 Å². The van der Waals surface area contributed by atoms with E-state index in [0.717, 1.165) is 38.6 Å². The zero-order valence-corrected chi connectivity index (χ0v) is 16.4. The third-order valence-corrected chi connectivity index (χ3v) is 5.25. The van der Waals surface area contributed by atoms with E-state index in [1.54, 1.807) is 0 Å². The number of hydrogen-bond donors (Lipinski definition) is 3. The molecule has 3 unspecified atom stereocenters. The molecule has 0 radical (unpaired) electrons. The SMILES string of the molecule is CC(C)CNC(=O)N1CCCC(CC(=O)NC2CCCC2CN)C1.Cl. The molecule has 3 atom stereocenters. The number of nitrogens with one attached hydrogen (secondary N) is 2. The van der Waals surface area contributed by atoms with Gasteiger partial charge in [-0.25, -0.2) is 4.79 Å². The van der Waals surface area contributed by atoms with Gasteiger partial charge in [-0.1, -0.05) is 20.3 Å². The average Bonchev–Trinajstić information content (AvgIpc) is 2.99. The van der Waals surface area contributed by atoms with E-state index in [4.69, 9.17) is 5.73 Å². The number of nitrogens with zero attached hydrogens (tertiary/aromatic N) is 1. The molecule has 25 heavy (non-hydrogen) atoms. The summed E-state index contributed by atoms with van der Waals surface area (Å²) in [5.74, 6) is 1.26. The number of nitrogens with two attached hydrogens (primary N) is 1. The first kappa shape index (κ1) is 22.0. The van der Waals surface area contributed by atoms with E-state index in [1.807, 2.05) is 4.90 Å². The van der Waals surface area contributed by atoms with Crippen molar-refractivity contribution in [2.24, 2.45) is 23.5 Å². The van der Waals surface area contributed by atoms with Crippen molar-refractivity contribution in [3.8, 4) is 0 Å². The molecular formula is C18H35ClN4O2. The fraction of sp³-hybridized carbons (Fsp3) is 0.889. The summed E-state index contributed by atoms with van der Waals surface area (Å²) in [6.45, 7) is 6.99. The molecule has 1 heterocycles. The van der Waals surface area contributed by atoms with Crippen molar-refractivity contribution in [1.29, 1.82) is 0 Å². The lowest BCUT2D eigenvalue weighted by molar-refractivity contribution is -0.123. The topological polar surface area (TPSA) is 87.5 Å². The largest absolute Gasteiger partial charge is 0.353 e. The second-order valence-corrected chi connectivity index (χ2v) is 7.84. The number of hydrogen-bond acceptors (Lipinski definition) is 3. The van der Waals surface area contributed by atoms with Crippen molar-refractivity contribution < 1.29 is 9.59 Å². The molecule has 2 aliphatic rings. The summed E-state index contributed by atoms with van der Waals surface area (Å²) >= 11 is 0. The van der Waals surface area contributed by atoms with Crippen LogP contribution in [0.3, 0.4) is 0 Å². The molecule has 0 aromatic heterocycles. The third-order valence-electron chi connectivity index (χ3n) is 5.25. The van der Waals surface area contributed by atoms with Gasteiger partial charge in [0.05, 0.1) is 0 Å². The van der Waals surface area contributed by atoms with E-state index < -0.39 is 0 Å². The molecular weight excluding hydrogens is 340 g/mol. The zero-order chi connectivity index (χ0) is 17.5. The standard InChI is InChI=1S/C18H34N4O2.ClH/c1-13(2)11-20-18(24)22-8-4-5-14(12-22)9-17(23)21-16-7-3-6-15(16)10-19;/h13-16H,3-12,19H2,1-2H3,(H,20,24)(H,21,23);1H. The van der Waals surface area contributed by atoms with Crippen LogP contribution in [-0.4, -0.2) is 49.1 Å². The highest BCUT2D eigenvalue weighted by atomic mass is 35.5. The molecule has 1 aliphatic carbocycles. The number of amides is 3. The minimum absolute atomic E-state index is 0. The minimum Gasteiger partial charge on any atom is -0.353 e. The van der Waals surface area contributed by atoms with Gasteiger partial charge in [-0.15, -0.1) is 12.4 Å². The average molecular weight is 375 g/mol. The molecule has 6 nitrogen and oxygen atoms in total. The number of halogens is 1. The Hall–Kier alpha value is -1.01. The molecule has 0 aromatic rings. The van der Waals surface area contributed by atoms with Gasteiger partial charge in [0.2, 0.25) is 5.91 Å². The molecule has 4 N–H and O–H groups in total. The number of carbonyl (C=O) groups excluding carboxylic acids is 2. The Bertz CT molecular complexity index is 433. The summed E-state index contributed by atoms with van der Waals surface area (Å²) in [4.78, 5) is 26.4. The van der Waals surface area contributed by atoms with E-state index in [1.165, 1.54) is 0 Å². The second-order valence-electron chi connectivity index (χ2n) is 7.84. The molecule has 1 saturated heterocycles. The third kappa shape index (κ3) is 7.02. The molecule has 1 aliphatic heterocycles. The highest BCUT2D eigenvalue weighted by molar-refractivity contribution is 5.85. The Morgan fingerprint density at radius 3 is 2.64 bits per heavy atom. The molecule has 7 heteroatoms. The minimum atomic E-state index is 0. The number of likely N-dealkylation sites (tertiary alicyclic amines) is 1. The molecule has 0 bridgehead atoms. The highest BCUT2D eigenvalue weighted by Crippen LogP contribution is 2.25. The summed E-state index contributed by atoms with van der Waals surface area (Å²) in [7, 11) is 0. The quantitative estimate of drug-likeness (QED) is 0.665. The van der Waals surface area contributed by atoms with Crippen molar-refractivity contribution in [2.45, 2.75) is 58.4 Å². The first-order chi connectivity index (χ1) is 11.5. The summed E-state index contributed by atoms with van der Waals surface area (Å²) in [6, 6.07) is 0.254. The van der Waals surface area contributed by atoms with Crippen LogP contribution >= 0.6 is 12.4 Å². The fourth-order valence-electron chi connectivity index (χ4n) is 3.86. The van der Waals surface area contributed by atoms with E-state index >= 15 is 0 Å². The molecule has 1 saturated carbocycles. The molecule has 2 rings (SSSR count). The fourth-order valence-corrected chi connectivity index (χ4v) is 3.86. The van der Waals surface area contributed by atoms with Gasteiger partial charge in [0.1, 0.15) is 0 Å². The highest BCUT2D eigenvalue weighted by Gasteiger charge is 2.29. The Balaban J connectivity index is 0.00000312. The molecule has 2 fully saturated rings. The van der Waals surface area contributed by atoms with Gasteiger partial charge in [-0.3, -0.25) is 4.79 Å². The maximum absolute atomic E-state index is 12.3. The predicted octanol–water partition coefficient (Wildman–Crippen LogP) is 2.12. The van der Waals surface area contributed by atoms with E-state index in [-0.39, 0.29) is 36.3 Å². The summed E-state index contributed by atoms with van der Waals surface area (Å²) < 4.78 is 0. The van der Waals surface area contributed by atoms with Gasteiger partial charge >= 0.3 is 6.03 Å². The van der Waals surface area contributed by atoms with Crippen molar-refractivity contribution in [2.75, 3.05) is 26.2 Å². The van der Waals surface area contributed by atoms with Crippen LogP contribution < -0.4 is 16.4 Å². The van der Waals surface area contributed by atoms with Gasteiger partial charge in [0, 0.05) is 32.1 Å². The summed E-state index contributed by atoms with van der Waals surface area (Å²) in [5.41, 5.74) is 5.78. The molecule has 3 amide bonds. The Kier molecular flexibility index (Phi) is 9.57. The van der Waals surface area contributed by atoms with Gasteiger partial charge in [-0.2, -0.15) is 0 Å². The van der Waals surface area contributed by atoms with Crippen LogP contribution in [0.1, 0.15) is 52.4 Å². The van der Waals surface area contributed by atoms with Crippen LogP contribution in [0.25, 0.3) is 0 Å². The number of rotatable bonds is 6. The maximum atomic E-state index is 12.3. The maximum Gasteiger partial charge on any atom is 0.317 e. The van der Waals surface area contributed by atoms with Crippen molar-refractivity contribution in [3.05, 3.63) is 0 Å². The van der Waals surface area contributed by atoms with E-state index in [2.05, 4.69) is 24.5 Å². The second kappa shape index (κ2) is 10.9. The zero-order valence-electron chi connectivity index (χ0n) is 15.6. The monoisotopic (exact) mass is 374 g/mol. The smallest absolute Gasteiger partial charge is 0.317 e. The molecule has 146 valence electrons. The molecule has 0 spiro atoms. The van der Waals surface area contributed by atoms with Crippen molar-refractivity contribution >= 4 is 24.3 Å². The lowest BCUT2D eigenvalue weighted by Gasteiger charge is -2.33.